The zero-order chi connectivity index (χ0) is 10.8. The Labute approximate surface area is 89.3 Å². The van der Waals surface area contributed by atoms with Gasteiger partial charge in [0.2, 0.25) is 0 Å². The summed E-state index contributed by atoms with van der Waals surface area (Å²) in [5.41, 5.74) is 3.42. The van der Waals surface area contributed by atoms with Gasteiger partial charge in [0.15, 0.2) is 0 Å². The van der Waals surface area contributed by atoms with Crippen LogP contribution in [0.15, 0.2) is 18.5 Å². The molecule has 4 heteroatoms. The normalized spacial score (nSPS) is 10.9. The van der Waals surface area contributed by atoms with Crippen LogP contribution in [0.5, 0.6) is 0 Å². The van der Waals surface area contributed by atoms with Crippen LogP contribution in [0.25, 0.3) is 11.3 Å². The Morgan fingerprint density at radius 2 is 2.33 bits per heavy atom. The quantitative estimate of drug-likeness (QED) is 0.794. The van der Waals surface area contributed by atoms with Crippen LogP contribution < -0.4 is 5.32 Å². The monoisotopic (exact) mass is 204 g/mol. The van der Waals surface area contributed by atoms with Gasteiger partial charge in [0.1, 0.15) is 5.82 Å². The second-order valence-electron chi connectivity index (χ2n) is 3.64. The number of aryl methyl sites for hydroxylation is 1. The van der Waals surface area contributed by atoms with E-state index in [0.717, 1.165) is 23.6 Å². The molecule has 0 fully saturated rings. The van der Waals surface area contributed by atoms with Crippen LogP contribution in [0.4, 0.5) is 0 Å². The molecule has 0 unspecified atom stereocenters. The van der Waals surface area contributed by atoms with Gasteiger partial charge in [-0.25, -0.2) is 4.98 Å². The lowest BCUT2D eigenvalue weighted by atomic mass is 10.2. The van der Waals surface area contributed by atoms with Gasteiger partial charge in [0, 0.05) is 31.5 Å². The topological polar surface area (TPSA) is 45.6 Å². The number of nitrogens with zero attached hydrogens (tertiary/aromatic N) is 2. The maximum Gasteiger partial charge on any atom is 0.106 e. The second kappa shape index (κ2) is 3.90. The van der Waals surface area contributed by atoms with E-state index in [1.165, 1.54) is 5.69 Å². The molecule has 0 aliphatic heterocycles. The Morgan fingerprint density at radius 1 is 1.53 bits per heavy atom. The third kappa shape index (κ3) is 1.68. The average molecular weight is 204 g/mol. The summed E-state index contributed by atoms with van der Waals surface area (Å²) < 4.78 is 2.12. The molecule has 0 saturated carbocycles. The van der Waals surface area contributed by atoms with E-state index in [1.54, 1.807) is 0 Å². The zero-order valence-electron chi connectivity index (χ0n) is 9.33. The first kappa shape index (κ1) is 9.98. The van der Waals surface area contributed by atoms with Crippen molar-refractivity contribution in [1.82, 2.24) is 19.9 Å². The molecule has 0 spiro atoms. The first-order valence-electron chi connectivity index (χ1n) is 5.04. The van der Waals surface area contributed by atoms with Crippen molar-refractivity contribution in [2.24, 2.45) is 7.05 Å². The predicted molar refractivity (Wildman–Crippen MR) is 60.5 cm³/mol. The largest absolute Gasteiger partial charge is 0.367 e. The van der Waals surface area contributed by atoms with Crippen molar-refractivity contribution in [3.05, 3.63) is 30.0 Å². The number of hydrogen-bond donors (Lipinski definition) is 2. The molecule has 0 aliphatic rings. The van der Waals surface area contributed by atoms with Gasteiger partial charge in [-0.15, -0.1) is 0 Å². The van der Waals surface area contributed by atoms with Crippen molar-refractivity contribution in [1.29, 1.82) is 0 Å². The minimum atomic E-state index is 0.831. The molecule has 15 heavy (non-hydrogen) atoms. The molecule has 0 atom stereocenters. The highest BCUT2D eigenvalue weighted by Gasteiger charge is 2.13. The maximum absolute atomic E-state index is 4.57. The standard InChI is InChI=1S/C11H16N4/c1-8-14-11(9-4-5-13-6-9)10(7-12-2)15(8)3/h4-6,12-13H,7H2,1-3H3. The lowest BCUT2D eigenvalue weighted by Gasteiger charge is -2.04. The maximum atomic E-state index is 4.57. The van der Waals surface area contributed by atoms with Crippen molar-refractivity contribution in [2.75, 3.05) is 7.05 Å². The van der Waals surface area contributed by atoms with E-state index in [9.17, 15) is 0 Å². The lowest BCUT2D eigenvalue weighted by Crippen LogP contribution is -2.10. The number of aromatic nitrogens is 3. The minimum Gasteiger partial charge on any atom is -0.367 e. The average Bonchev–Trinajstić information content (AvgIpc) is 2.81. The third-order valence-corrected chi connectivity index (χ3v) is 2.65. The summed E-state index contributed by atoms with van der Waals surface area (Å²) >= 11 is 0. The second-order valence-corrected chi connectivity index (χ2v) is 3.64. The van der Waals surface area contributed by atoms with E-state index < -0.39 is 0 Å². The first-order chi connectivity index (χ1) is 7.24. The minimum absolute atomic E-state index is 0.831. The van der Waals surface area contributed by atoms with Crippen molar-refractivity contribution >= 4 is 0 Å². The number of imidazole rings is 1. The van der Waals surface area contributed by atoms with Crippen LogP contribution in [-0.2, 0) is 13.6 Å². The van der Waals surface area contributed by atoms with E-state index in [0.29, 0.717) is 0 Å². The van der Waals surface area contributed by atoms with Gasteiger partial charge >= 0.3 is 0 Å². The van der Waals surface area contributed by atoms with Gasteiger partial charge in [0.05, 0.1) is 11.4 Å². The fourth-order valence-electron chi connectivity index (χ4n) is 1.73. The molecule has 2 aromatic rings. The molecular weight excluding hydrogens is 188 g/mol. The molecule has 2 rings (SSSR count). The van der Waals surface area contributed by atoms with Gasteiger partial charge in [0.25, 0.3) is 0 Å². The number of hydrogen-bond acceptors (Lipinski definition) is 2. The lowest BCUT2D eigenvalue weighted by molar-refractivity contribution is 0.722. The molecule has 80 valence electrons. The van der Waals surface area contributed by atoms with Gasteiger partial charge in [-0.1, -0.05) is 0 Å². The third-order valence-electron chi connectivity index (χ3n) is 2.65. The highest BCUT2D eigenvalue weighted by Crippen LogP contribution is 2.22. The van der Waals surface area contributed by atoms with E-state index >= 15 is 0 Å². The van der Waals surface area contributed by atoms with Crippen LogP contribution in [0.2, 0.25) is 0 Å². The van der Waals surface area contributed by atoms with Crippen LogP contribution in [0.3, 0.4) is 0 Å². The molecule has 2 aromatic heterocycles. The molecule has 0 aromatic carbocycles. The highest BCUT2D eigenvalue weighted by molar-refractivity contribution is 5.61. The Bertz CT molecular complexity index is 439. The van der Waals surface area contributed by atoms with Crippen LogP contribution in [0.1, 0.15) is 11.5 Å². The number of H-pyrrole nitrogens is 1. The van der Waals surface area contributed by atoms with Crippen LogP contribution in [-0.4, -0.2) is 21.6 Å². The summed E-state index contributed by atoms with van der Waals surface area (Å²) in [6.07, 6.45) is 3.89. The Kier molecular flexibility index (Phi) is 2.60. The predicted octanol–water partition coefficient (Wildman–Crippen LogP) is 1.44. The molecule has 2 N–H and O–H groups in total. The van der Waals surface area contributed by atoms with Gasteiger partial charge in [-0.2, -0.15) is 0 Å². The summed E-state index contributed by atoms with van der Waals surface area (Å²) in [4.78, 5) is 7.63. The van der Waals surface area contributed by atoms with Gasteiger partial charge in [-0.3, -0.25) is 0 Å². The molecule has 0 aliphatic carbocycles. The van der Waals surface area contributed by atoms with Gasteiger partial charge in [-0.05, 0) is 20.0 Å². The van der Waals surface area contributed by atoms with Crippen molar-refractivity contribution in [3.8, 4) is 11.3 Å². The summed E-state index contributed by atoms with van der Waals surface area (Å²) in [6.45, 7) is 2.85. The molecule has 0 amide bonds. The van der Waals surface area contributed by atoms with E-state index in [4.69, 9.17) is 0 Å². The molecular formula is C11H16N4. The van der Waals surface area contributed by atoms with Crippen molar-refractivity contribution in [3.63, 3.8) is 0 Å². The van der Waals surface area contributed by atoms with Crippen LogP contribution in [0, 0.1) is 6.92 Å². The summed E-state index contributed by atoms with van der Waals surface area (Å²) in [7, 11) is 3.99. The molecule has 4 nitrogen and oxygen atoms in total. The van der Waals surface area contributed by atoms with E-state index in [2.05, 4.69) is 19.9 Å². The summed E-state index contributed by atoms with van der Waals surface area (Å²) in [5, 5.41) is 3.17. The molecule has 0 bridgehead atoms. The van der Waals surface area contributed by atoms with E-state index in [1.807, 2.05) is 39.5 Å². The molecule has 0 saturated heterocycles. The van der Waals surface area contributed by atoms with Crippen LogP contribution >= 0.6 is 0 Å². The number of nitrogens with one attached hydrogen (secondary N) is 2. The SMILES string of the molecule is CNCc1c(-c2cc[nH]c2)nc(C)n1C. The van der Waals surface area contributed by atoms with Crippen molar-refractivity contribution < 1.29 is 0 Å². The Balaban J connectivity index is 2.51. The molecule has 0 radical (unpaired) electrons. The van der Waals surface area contributed by atoms with Gasteiger partial charge < -0.3 is 14.9 Å². The fourth-order valence-corrected chi connectivity index (χ4v) is 1.73. The summed E-state index contributed by atoms with van der Waals surface area (Å²) in [5.74, 6) is 1.04. The first-order valence-corrected chi connectivity index (χ1v) is 5.04. The number of aromatic amines is 1. The summed E-state index contributed by atoms with van der Waals surface area (Å²) in [6, 6.07) is 2.04. The smallest absolute Gasteiger partial charge is 0.106 e. The highest BCUT2D eigenvalue weighted by atomic mass is 15.1. The van der Waals surface area contributed by atoms with Crippen molar-refractivity contribution in [2.45, 2.75) is 13.5 Å². The number of rotatable bonds is 3. The molecule has 2 heterocycles. The fraction of sp³-hybridized carbons (Fsp3) is 0.364. The van der Waals surface area contributed by atoms with E-state index in [-0.39, 0.29) is 0 Å². The zero-order valence-corrected chi connectivity index (χ0v) is 9.33. The Morgan fingerprint density at radius 3 is 2.93 bits per heavy atom. The Hall–Kier alpha value is -1.55.